The third kappa shape index (κ3) is 3.76. The van der Waals surface area contributed by atoms with Crippen LogP contribution in [-0.2, 0) is 24.1 Å². The summed E-state index contributed by atoms with van der Waals surface area (Å²) in [7, 11) is 0. The number of carbonyl (C=O) groups excluding carboxylic acids is 1. The fourth-order valence-corrected chi connectivity index (χ4v) is 5.64. The summed E-state index contributed by atoms with van der Waals surface area (Å²) >= 11 is 1.89. The van der Waals surface area contributed by atoms with E-state index in [1.165, 1.54) is 39.9 Å². The minimum atomic E-state index is 0.0712. The number of amides is 1. The van der Waals surface area contributed by atoms with Gasteiger partial charge in [0.1, 0.15) is 16.5 Å². The van der Waals surface area contributed by atoms with Crippen LogP contribution >= 0.6 is 11.3 Å². The number of rotatable bonds is 5. The summed E-state index contributed by atoms with van der Waals surface area (Å²) in [5, 5.41) is 1.31. The molecule has 2 aromatic heterocycles. The molecule has 152 valence electrons. The Morgan fingerprint density at radius 3 is 2.57 bits per heavy atom. The van der Waals surface area contributed by atoms with Gasteiger partial charge >= 0.3 is 0 Å². The molecule has 0 unspecified atom stereocenters. The molecule has 1 aliphatic carbocycles. The first-order valence-corrected chi connectivity index (χ1v) is 11.7. The number of carbonyl (C=O) groups is 1. The molecule has 1 amide bonds. The zero-order valence-electron chi connectivity index (χ0n) is 17.5. The van der Waals surface area contributed by atoms with Gasteiger partial charge in [-0.25, -0.2) is 9.97 Å². The third-order valence-electron chi connectivity index (χ3n) is 5.98. The molecule has 0 spiro atoms. The lowest BCUT2D eigenvalue weighted by atomic mass is 9.96. The maximum Gasteiger partial charge on any atom is 0.225 e. The molecule has 1 aliphatic heterocycles. The number of hydrogen-bond donors (Lipinski definition) is 0. The molecule has 0 bridgehead atoms. The predicted molar refractivity (Wildman–Crippen MR) is 116 cm³/mol. The molecular weight excluding hydrogens is 368 g/mol. The van der Waals surface area contributed by atoms with Gasteiger partial charge in [-0.15, -0.1) is 11.3 Å². The van der Waals surface area contributed by atoms with Crippen molar-refractivity contribution in [1.29, 1.82) is 0 Å². The fraction of sp³-hybridized carbons (Fsp3) is 0.682. The van der Waals surface area contributed by atoms with E-state index >= 15 is 0 Å². The zero-order valence-corrected chi connectivity index (χ0v) is 18.3. The van der Waals surface area contributed by atoms with Gasteiger partial charge in [-0.05, 0) is 37.7 Å². The Hall–Kier alpha value is -1.69. The van der Waals surface area contributed by atoms with Crippen molar-refractivity contribution in [2.75, 3.05) is 31.1 Å². The van der Waals surface area contributed by atoms with Crippen LogP contribution in [0.15, 0.2) is 0 Å². The second kappa shape index (κ2) is 8.36. The molecule has 1 saturated heterocycles. The number of aryl methyl sites for hydroxylation is 3. The average molecular weight is 401 g/mol. The Balaban J connectivity index is 1.67. The van der Waals surface area contributed by atoms with Crippen molar-refractivity contribution in [3.05, 3.63) is 16.3 Å². The lowest BCUT2D eigenvalue weighted by Crippen LogP contribution is -2.50. The molecule has 5 nitrogen and oxygen atoms in total. The molecule has 0 N–H and O–H groups in total. The first-order chi connectivity index (χ1) is 13.6. The topological polar surface area (TPSA) is 49.3 Å². The van der Waals surface area contributed by atoms with Crippen molar-refractivity contribution >= 4 is 33.3 Å². The highest BCUT2D eigenvalue weighted by molar-refractivity contribution is 7.19. The van der Waals surface area contributed by atoms with Crippen molar-refractivity contribution in [2.24, 2.45) is 5.92 Å². The third-order valence-corrected chi connectivity index (χ3v) is 7.17. The van der Waals surface area contributed by atoms with Gasteiger partial charge in [0, 0.05) is 43.4 Å². The first kappa shape index (κ1) is 19.6. The van der Waals surface area contributed by atoms with Crippen molar-refractivity contribution in [3.8, 4) is 0 Å². The maximum absolute atomic E-state index is 12.4. The standard InChI is InChI=1S/C22H32N4OS/c1-4-5-10-18-23-20(25-11-13-26(14-12-25)22(27)15(2)3)19-16-8-6-7-9-17(16)28-21(19)24-18/h15H,4-14H2,1-3H3. The van der Waals surface area contributed by atoms with E-state index in [1.807, 2.05) is 30.1 Å². The quantitative estimate of drug-likeness (QED) is 0.754. The van der Waals surface area contributed by atoms with Crippen LogP contribution in [0.5, 0.6) is 0 Å². The van der Waals surface area contributed by atoms with Crippen molar-refractivity contribution in [1.82, 2.24) is 14.9 Å². The number of anilines is 1. The maximum atomic E-state index is 12.4. The van der Waals surface area contributed by atoms with Gasteiger partial charge in [0.25, 0.3) is 0 Å². The Morgan fingerprint density at radius 1 is 1.11 bits per heavy atom. The Labute approximate surface area is 172 Å². The van der Waals surface area contributed by atoms with E-state index in [0.29, 0.717) is 0 Å². The van der Waals surface area contributed by atoms with Crippen LogP contribution in [0.25, 0.3) is 10.2 Å². The highest BCUT2D eigenvalue weighted by atomic mass is 32.1. The SMILES string of the molecule is CCCCc1nc(N2CCN(C(=O)C(C)C)CC2)c2c3c(sc2n1)CCCC3. The molecule has 2 aromatic rings. The highest BCUT2D eigenvalue weighted by Crippen LogP contribution is 2.40. The second-order valence-corrected chi connectivity index (χ2v) is 9.51. The summed E-state index contributed by atoms with van der Waals surface area (Å²) in [6, 6.07) is 0. The van der Waals surface area contributed by atoms with Crippen LogP contribution in [0, 0.1) is 5.92 Å². The lowest BCUT2D eigenvalue weighted by molar-refractivity contribution is -0.134. The minimum Gasteiger partial charge on any atom is -0.352 e. The molecule has 1 fully saturated rings. The molecular formula is C22H32N4OS. The molecule has 28 heavy (non-hydrogen) atoms. The number of hydrogen-bond acceptors (Lipinski definition) is 5. The van der Waals surface area contributed by atoms with Crippen LogP contribution in [0.1, 0.15) is 62.7 Å². The first-order valence-electron chi connectivity index (χ1n) is 10.9. The lowest BCUT2D eigenvalue weighted by Gasteiger charge is -2.36. The van der Waals surface area contributed by atoms with E-state index in [0.717, 1.165) is 63.5 Å². The van der Waals surface area contributed by atoms with E-state index in [4.69, 9.17) is 9.97 Å². The normalized spacial score (nSPS) is 17.4. The van der Waals surface area contributed by atoms with E-state index in [1.54, 1.807) is 0 Å². The van der Waals surface area contributed by atoms with Crippen LogP contribution in [0.3, 0.4) is 0 Å². The second-order valence-electron chi connectivity index (χ2n) is 8.43. The number of nitrogens with zero attached hydrogens (tertiary/aromatic N) is 4. The van der Waals surface area contributed by atoms with Crippen molar-refractivity contribution < 1.29 is 4.79 Å². The number of unbranched alkanes of at least 4 members (excludes halogenated alkanes) is 1. The predicted octanol–water partition coefficient (Wildman–Crippen LogP) is 4.22. The number of aromatic nitrogens is 2. The van der Waals surface area contributed by atoms with E-state index in [-0.39, 0.29) is 11.8 Å². The van der Waals surface area contributed by atoms with Crippen molar-refractivity contribution in [2.45, 2.75) is 65.7 Å². The molecule has 3 heterocycles. The van der Waals surface area contributed by atoms with Gasteiger partial charge in [-0.3, -0.25) is 4.79 Å². The largest absolute Gasteiger partial charge is 0.352 e. The van der Waals surface area contributed by atoms with Crippen LogP contribution in [0.2, 0.25) is 0 Å². The van der Waals surface area contributed by atoms with Crippen LogP contribution < -0.4 is 4.90 Å². The number of thiophene rings is 1. The number of piperazine rings is 1. The smallest absolute Gasteiger partial charge is 0.225 e. The Morgan fingerprint density at radius 2 is 1.86 bits per heavy atom. The summed E-state index contributed by atoms with van der Waals surface area (Å²) in [5.41, 5.74) is 1.50. The molecule has 6 heteroatoms. The molecule has 0 radical (unpaired) electrons. The van der Waals surface area contributed by atoms with Gasteiger partial charge in [0.05, 0.1) is 5.39 Å². The molecule has 2 aliphatic rings. The molecule has 4 rings (SSSR count). The summed E-state index contributed by atoms with van der Waals surface area (Å²) < 4.78 is 0. The van der Waals surface area contributed by atoms with Crippen LogP contribution in [0.4, 0.5) is 5.82 Å². The highest BCUT2D eigenvalue weighted by Gasteiger charge is 2.28. The van der Waals surface area contributed by atoms with E-state index in [2.05, 4.69) is 11.8 Å². The summed E-state index contributed by atoms with van der Waals surface area (Å²) in [6.45, 7) is 9.50. The molecule has 0 saturated carbocycles. The number of fused-ring (bicyclic) bond motifs is 3. The van der Waals surface area contributed by atoms with Gasteiger partial charge in [0.2, 0.25) is 5.91 Å². The van der Waals surface area contributed by atoms with E-state index < -0.39 is 0 Å². The van der Waals surface area contributed by atoms with Gasteiger partial charge in [-0.1, -0.05) is 27.2 Å². The molecule has 0 atom stereocenters. The van der Waals surface area contributed by atoms with E-state index in [9.17, 15) is 4.79 Å². The van der Waals surface area contributed by atoms with Gasteiger partial charge in [0.15, 0.2) is 0 Å². The summed E-state index contributed by atoms with van der Waals surface area (Å²) in [5.74, 6) is 2.46. The summed E-state index contributed by atoms with van der Waals surface area (Å²) in [4.78, 5) is 29.5. The fourth-order valence-electron chi connectivity index (χ4n) is 4.36. The molecule has 0 aromatic carbocycles. The Bertz CT molecular complexity index is 852. The Kier molecular flexibility index (Phi) is 5.85. The van der Waals surface area contributed by atoms with Crippen molar-refractivity contribution in [3.63, 3.8) is 0 Å². The monoisotopic (exact) mass is 400 g/mol. The van der Waals surface area contributed by atoms with Crippen LogP contribution in [-0.4, -0.2) is 47.0 Å². The minimum absolute atomic E-state index is 0.0712. The van der Waals surface area contributed by atoms with Gasteiger partial charge < -0.3 is 9.80 Å². The zero-order chi connectivity index (χ0) is 19.7. The summed E-state index contributed by atoms with van der Waals surface area (Å²) in [6.07, 6.45) is 8.16. The van der Waals surface area contributed by atoms with Gasteiger partial charge in [-0.2, -0.15) is 0 Å². The average Bonchev–Trinajstić information content (AvgIpc) is 3.09.